The molecule has 0 heterocycles. The normalized spacial score (nSPS) is 11.9. The van der Waals surface area contributed by atoms with E-state index in [0.717, 1.165) is 59.8 Å². The van der Waals surface area contributed by atoms with E-state index in [9.17, 15) is 0 Å². The first-order chi connectivity index (χ1) is 31.9. The molecule has 0 bridgehead atoms. The van der Waals surface area contributed by atoms with Crippen LogP contribution in [0, 0.1) is 10.8 Å². The van der Waals surface area contributed by atoms with E-state index in [2.05, 4.69) is 259 Å². The highest BCUT2D eigenvalue weighted by Crippen LogP contribution is 2.48. The summed E-state index contributed by atoms with van der Waals surface area (Å²) in [4.78, 5) is 4.86. The summed E-state index contributed by atoms with van der Waals surface area (Å²) in [6.45, 7) is 18.3. The Morgan fingerprint density at radius 1 is 0.303 bits per heavy atom. The second-order valence-corrected chi connectivity index (χ2v) is 20.5. The second kappa shape index (κ2) is 18.5. The lowest BCUT2D eigenvalue weighted by Crippen LogP contribution is -2.12. The molecule has 0 aromatic heterocycles. The van der Waals surface area contributed by atoms with E-state index in [-0.39, 0.29) is 10.8 Å². The number of hydrogen-bond acceptors (Lipinski definition) is 2. The molecule has 0 aliphatic heterocycles. The third-order valence-corrected chi connectivity index (χ3v) is 12.8. The fourth-order valence-electron chi connectivity index (χ4n) is 9.72. The maximum absolute atomic E-state index is 2.44. The molecule has 9 aromatic rings. The van der Waals surface area contributed by atoms with E-state index in [1.807, 2.05) is 0 Å². The van der Waals surface area contributed by atoms with Gasteiger partial charge in [0.25, 0.3) is 0 Å². The highest BCUT2D eigenvalue weighted by Gasteiger charge is 2.23. The van der Waals surface area contributed by atoms with Crippen LogP contribution < -0.4 is 9.80 Å². The van der Waals surface area contributed by atoms with Crippen molar-refractivity contribution < 1.29 is 0 Å². The molecular formula is C64H64N2. The van der Waals surface area contributed by atoms with Gasteiger partial charge in [-0.05, 0) is 175 Å². The monoisotopic (exact) mass is 861 g/mol. The summed E-state index contributed by atoms with van der Waals surface area (Å²) in [5.41, 5.74) is 17.5. The summed E-state index contributed by atoms with van der Waals surface area (Å²) in [6.07, 6.45) is 4.06. The molecule has 0 N–H and O–H groups in total. The van der Waals surface area contributed by atoms with Crippen LogP contribution >= 0.6 is 0 Å². The number of fused-ring (bicyclic) bond motifs is 2. The Kier molecular flexibility index (Phi) is 12.4. The second-order valence-electron chi connectivity index (χ2n) is 20.5. The lowest BCUT2D eigenvalue weighted by molar-refractivity contribution is 0.411. The van der Waals surface area contributed by atoms with Gasteiger partial charge in [-0.15, -0.1) is 0 Å². The van der Waals surface area contributed by atoms with Gasteiger partial charge in [0.1, 0.15) is 0 Å². The molecular weight excluding hydrogens is 797 g/mol. The summed E-state index contributed by atoms with van der Waals surface area (Å²) in [5, 5.41) is 4.89. The maximum atomic E-state index is 2.44. The standard InChI is InChI=1S/C64H64N2/c1-9-45-21-29-51(30-22-45)65(53-33-25-47(26-34-53)43-63(3,4)5)55-37-39-57-59(41-55)61(49-17-13-11-14-18-49)58-40-38-56(42-60(58)62(57)50-19-15-12-16-20-50)66(52-31-23-46(10-2)24-32-52)54-35-27-48(28-36-54)44-64(6,7)8/h11-42H,9-10,43-44H2,1-8H3. The first-order valence-electron chi connectivity index (χ1n) is 24.0. The van der Waals surface area contributed by atoms with Crippen LogP contribution in [0.2, 0.25) is 0 Å². The molecule has 0 saturated heterocycles. The maximum Gasteiger partial charge on any atom is 0.0468 e. The van der Waals surface area contributed by atoms with Gasteiger partial charge >= 0.3 is 0 Å². The van der Waals surface area contributed by atoms with Gasteiger partial charge in [0.2, 0.25) is 0 Å². The fourth-order valence-corrected chi connectivity index (χ4v) is 9.72. The molecule has 0 atom stereocenters. The minimum absolute atomic E-state index is 0.208. The zero-order valence-corrected chi connectivity index (χ0v) is 40.2. The number of nitrogens with zero attached hydrogens (tertiary/aromatic N) is 2. The molecule has 2 heteroatoms. The lowest BCUT2D eigenvalue weighted by atomic mass is 9.85. The van der Waals surface area contributed by atoms with Crippen molar-refractivity contribution in [1.82, 2.24) is 0 Å². The van der Waals surface area contributed by atoms with E-state index >= 15 is 0 Å². The predicted molar refractivity (Wildman–Crippen MR) is 287 cm³/mol. The Morgan fingerprint density at radius 3 is 0.879 bits per heavy atom. The third-order valence-electron chi connectivity index (χ3n) is 12.8. The first kappa shape index (κ1) is 44.3. The molecule has 0 unspecified atom stereocenters. The zero-order chi connectivity index (χ0) is 46.0. The lowest BCUT2D eigenvalue weighted by Gasteiger charge is -2.29. The van der Waals surface area contributed by atoms with Gasteiger partial charge in [0.05, 0.1) is 0 Å². The van der Waals surface area contributed by atoms with Crippen molar-refractivity contribution in [3.05, 3.63) is 216 Å². The van der Waals surface area contributed by atoms with Crippen LogP contribution in [-0.4, -0.2) is 0 Å². The van der Waals surface area contributed by atoms with Gasteiger partial charge in [-0.3, -0.25) is 0 Å². The Bertz CT molecular complexity index is 2850. The average molecular weight is 861 g/mol. The van der Waals surface area contributed by atoms with Crippen molar-refractivity contribution in [1.29, 1.82) is 0 Å². The van der Waals surface area contributed by atoms with E-state index in [1.165, 1.54) is 66.1 Å². The Morgan fingerprint density at radius 2 is 0.591 bits per heavy atom. The molecule has 9 aromatic carbocycles. The van der Waals surface area contributed by atoms with Gasteiger partial charge in [-0.25, -0.2) is 0 Å². The van der Waals surface area contributed by atoms with Crippen LogP contribution in [0.5, 0.6) is 0 Å². The molecule has 0 amide bonds. The van der Waals surface area contributed by atoms with Crippen LogP contribution in [0.15, 0.2) is 194 Å². The molecule has 0 saturated carbocycles. The fraction of sp³-hybridized carbons (Fsp3) is 0.219. The van der Waals surface area contributed by atoms with Crippen LogP contribution in [0.3, 0.4) is 0 Å². The van der Waals surface area contributed by atoms with Gasteiger partial charge in [0.15, 0.2) is 0 Å². The smallest absolute Gasteiger partial charge is 0.0468 e. The number of benzene rings is 9. The summed E-state index contributed by atoms with van der Waals surface area (Å²) in [5.74, 6) is 0. The molecule has 330 valence electrons. The molecule has 0 aliphatic rings. The van der Waals surface area contributed by atoms with Crippen molar-refractivity contribution >= 4 is 55.7 Å². The molecule has 9 rings (SSSR count). The van der Waals surface area contributed by atoms with Crippen LogP contribution in [0.4, 0.5) is 34.1 Å². The van der Waals surface area contributed by atoms with E-state index in [0.29, 0.717) is 0 Å². The largest absolute Gasteiger partial charge is 0.310 e. The van der Waals surface area contributed by atoms with Crippen LogP contribution in [-0.2, 0) is 25.7 Å². The van der Waals surface area contributed by atoms with Crippen molar-refractivity contribution in [3.63, 3.8) is 0 Å². The van der Waals surface area contributed by atoms with Crippen LogP contribution in [0.1, 0.15) is 77.6 Å². The minimum atomic E-state index is 0.208. The first-order valence-corrected chi connectivity index (χ1v) is 24.0. The number of rotatable bonds is 12. The SMILES string of the molecule is CCc1ccc(N(c2ccc(CC(C)(C)C)cc2)c2ccc3c(-c4ccccc4)c4cc(N(c5ccc(CC)cc5)c5ccc(CC(C)(C)C)cc5)ccc4c(-c4ccccc4)c3c2)cc1. The number of hydrogen-bond donors (Lipinski definition) is 0. The molecule has 0 spiro atoms. The van der Waals surface area contributed by atoms with E-state index in [4.69, 9.17) is 0 Å². The molecule has 0 radical (unpaired) electrons. The van der Waals surface area contributed by atoms with Crippen molar-refractivity contribution in [3.8, 4) is 22.3 Å². The Hall–Kier alpha value is -6.90. The molecule has 2 nitrogen and oxygen atoms in total. The topological polar surface area (TPSA) is 6.48 Å². The third kappa shape index (κ3) is 9.56. The van der Waals surface area contributed by atoms with E-state index < -0.39 is 0 Å². The molecule has 0 fully saturated rings. The van der Waals surface area contributed by atoms with Gasteiger partial charge in [-0.1, -0.05) is 177 Å². The highest BCUT2D eigenvalue weighted by atomic mass is 15.1. The predicted octanol–water partition coefficient (Wildman–Crippen LogP) is 18.6. The number of aryl methyl sites for hydroxylation is 2. The molecule has 0 aliphatic carbocycles. The Balaban J connectivity index is 1.30. The van der Waals surface area contributed by atoms with Crippen LogP contribution in [0.25, 0.3) is 43.8 Å². The number of anilines is 6. The van der Waals surface area contributed by atoms with Gasteiger partial charge in [0, 0.05) is 34.1 Å². The summed E-state index contributed by atoms with van der Waals surface area (Å²) >= 11 is 0. The van der Waals surface area contributed by atoms with Gasteiger partial charge in [-0.2, -0.15) is 0 Å². The summed E-state index contributed by atoms with van der Waals surface area (Å²) in [7, 11) is 0. The van der Waals surface area contributed by atoms with Crippen molar-refractivity contribution in [2.45, 2.75) is 81.1 Å². The molecule has 66 heavy (non-hydrogen) atoms. The average Bonchev–Trinajstić information content (AvgIpc) is 3.32. The van der Waals surface area contributed by atoms with Crippen molar-refractivity contribution in [2.24, 2.45) is 10.8 Å². The van der Waals surface area contributed by atoms with E-state index in [1.54, 1.807) is 0 Å². The van der Waals surface area contributed by atoms with Crippen molar-refractivity contribution in [2.75, 3.05) is 9.80 Å². The summed E-state index contributed by atoms with van der Waals surface area (Å²) in [6, 6.07) is 72.9. The zero-order valence-electron chi connectivity index (χ0n) is 40.2. The quantitative estimate of drug-likeness (QED) is 0.113. The van der Waals surface area contributed by atoms with Gasteiger partial charge < -0.3 is 9.80 Å². The summed E-state index contributed by atoms with van der Waals surface area (Å²) < 4.78 is 0. The highest BCUT2D eigenvalue weighted by molar-refractivity contribution is 6.22. The minimum Gasteiger partial charge on any atom is -0.310 e. The Labute approximate surface area is 394 Å².